The molecule has 0 unspecified atom stereocenters. The minimum atomic E-state index is -0.405. The summed E-state index contributed by atoms with van der Waals surface area (Å²) in [6.45, 7) is 6.64. The van der Waals surface area contributed by atoms with Gasteiger partial charge in [-0.05, 0) is 26.0 Å². The first kappa shape index (κ1) is 24.3. The van der Waals surface area contributed by atoms with Crippen LogP contribution in [0.5, 0.6) is 5.75 Å². The summed E-state index contributed by atoms with van der Waals surface area (Å²) in [5.41, 5.74) is 1.77. The lowest BCUT2D eigenvalue weighted by Gasteiger charge is -2.35. The highest BCUT2D eigenvalue weighted by atomic mass is 35.5. The Balaban J connectivity index is 1.49. The number of aromatic nitrogens is 2. The minimum absolute atomic E-state index is 0.0203. The molecule has 0 saturated carbocycles. The van der Waals surface area contributed by atoms with Gasteiger partial charge in [0, 0.05) is 70.1 Å². The molecule has 2 aliphatic heterocycles. The quantitative estimate of drug-likeness (QED) is 0.678. The van der Waals surface area contributed by atoms with Crippen LogP contribution in [-0.2, 0) is 13.0 Å². The van der Waals surface area contributed by atoms with E-state index in [2.05, 4.69) is 24.1 Å². The van der Waals surface area contributed by atoms with Gasteiger partial charge in [0.15, 0.2) is 23.2 Å². The first-order chi connectivity index (χ1) is 16.2. The van der Waals surface area contributed by atoms with E-state index in [-0.39, 0.29) is 23.9 Å². The van der Waals surface area contributed by atoms with Crippen molar-refractivity contribution in [2.75, 3.05) is 43.9 Å². The molecule has 2 aromatic rings. The first-order valence-corrected chi connectivity index (χ1v) is 12.1. The number of piperidine rings is 1. The Bertz CT molecular complexity index is 1040. The van der Waals surface area contributed by atoms with Gasteiger partial charge in [-0.2, -0.15) is 0 Å². The van der Waals surface area contributed by atoms with E-state index in [9.17, 15) is 9.18 Å². The van der Waals surface area contributed by atoms with Gasteiger partial charge in [-0.1, -0.05) is 11.6 Å². The molecule has 184 valence electrons. The van der Waals surface area contributed by atoms with E-state index in [4.69, 9.17) is 26.3 Å². The SMILES string of the molecule is CC(C)Nc1nc2c(nc1N1CCC(Oc3cc(Cl)ccc3F)CC1)CCN(C(=O)N(C)C)C2. The lowest BCUT2D eigenvalue weighted by Crippen LogP contribution is -2.43. The largest absolute Gasteiger partial charge is 0.487 e. The van der Waals surface area contributed by atoms with Crippen molar-refractivity contribution in [1.82, 2.24) is 19.8 Å². The third-order valence-corrected chi connectivity index (χ3v) is 6.23. The van der Waals surface area contributed by atoms with E-state index in [1.54, 1.807) is 23.9 Å². The van der Waals surface area contributed by atoms with Gasteiger partial charge >= 0.3 is 6.03 Å². The highest BCUT2D eigenvalue weighted by Crippen LogP contribution is 2.31. The molecule has 0 aliphatic carbocycles. The van der Waals surface area contributed by atoms with Crippen molar-refractivity contribution >= 4 is 29.3 Å². The summed E-state index contributed by atoms with van der Waals surface area (Å²) in [6, 6.07) is 4.52. The van der Waals surface area contributed by atoms with Crippen LogP contribution in [-0.4, -0.2) is 71.7 Å². The Morgan fingerprint density at radius 1 is 1.21 bits per heavy atom. The van der Waals surface area contributed by atoms with E-state index in [0.717, 1.165) is 49.0 Å². The van der Waals surface area contributed by atoms with E-state index >= 15 is 0 Å². The zero-order valence-corrected chi connectivity index (χ0v) is 20.9. The number of nitrogens with one attached hydrogen (secondary N) is 1. The number of ether oxygens (including phenoxy) is 1. The second-order valence-corrected chi connectivity index (χ2v) is 9.75. The molecule has 2 aliphatic rings. The van der Waals surface area contributed by atoms with E-state index in [1.807, 2.05) is 0 Å². The Hall–Kier alpha value is -2.81. The molecule has 3 heterocycles. The van der Waals surface area contributed by atoms with Crippen molar-refractivity contribution in [2.45, 2.75) is 51.8 Å². The first-order valence-electron chi connectivity index (χ1n) is 11.7. The number of urea groups is 1. The molecule has 0 bridgehead atoms. The van der Waals surface area contributed by atoms with Crippen LogP contribution in [0.25, 0.3) is 0 Å². The monoisotopic (exact) mass is 490 g/mol. The lowest BCUT2D eigenvalue weighted by molar-refractivity contribution is 0.163. The number of hydrogen-bond acceptors (Lipinski definition) is 6. The van der Waals surface area contributed by atoms with Crippen molar-refractivity contribution in [3.05, 3.63) is 40.4 Å². The predicted molar refractivity (Wildman–Crippen MR) is 131 cm³/mol. The standard InChI is InChI=1S/C24H32ClFN6O2/c1-15(2)27-22-23(29-19-9-12-32(14-20(19)28-22)24(33)30(3)4)31-10-7-17(8-11-31)34-21-13-16(25)5-6-18(21)26/h5-6,13,15,17H,7-12,14H2,1-4H3,(H,27,28). The van der Waals surface area contributed by atoms with Crippen LogP contribution in [0.4, 0.5) is 20.8 Å². The third-order valence-electron chi connectivity index (χ3n) is 6.00. The van der Waals surface area contributed by atoms with Crippen LogP contribution in [0, 0.1) is 5.82 Å². The van der Waals surface area contributed by atoms with Gasteiger partial charge in [-0.25, -0.2) is 19.2 Å². The van der Waals surface area contributed by atoms with Gasteiger partial charge in [-0.3, -0.25) is 0 Å². The van der Waals surface area contributed by atoms with Crippen molar-refractivity contribution in [1.29, 1.82) is 0 Å². The van der Waals surface area contributed by atoms with Crippen LogP contribution in [0.15, 0.2) is 18.2 Å². The molecule has 1 saturated heterocycles. The Morgan fingerprint density at radius 3 is 2.62 bits per heavy atom. The van der Waals surface area contributed by atoms with Gasteiger partial charge < -0.3 is 24.8 Å². The zero-order chi connectivity index (χ0) is 24.4. The van der Waals surface area contributed by atoms with Gasteiger partial charge in [0.05, 0.1) is 17.9 Å². The highest BCUT2D eigenvalue weighted by molar-refractivity contribution is 6.30. The molecule has 4 rings (SSSR count). The summed E-state index contributed by atoms with van der Waals surface area (Å²) >= 11 is 6.00. The summed E-state index contributed by atoms with van der Waals surface area (Å²) in [5, 5.41) is 3.88. The Morgan fingerprint density at radius 2 is 1.94 bits per heavy atom. The molecule has 1 aromatic heterocycles. The topological polar surface area (TPSA) is 73.8 Å². The molecule has 0 radical (unpaired) electrons. The summed E-state index contributed by atoms with van der Waals surface area (Å²) in [7, 11) is 3.51. The Kier molecular flexibility index (Phi) is 7.30. The lowest BCUT2D eigenvalue weighted by atomic mass is 10.1. The second-order valence-electron chi connectivity index (χ2n) is 9.32. The maximum atomic E-state index is 14.1. The fourth-order valence-corrected chi connectivity index (χ4v) is 4.45. The summed E-state index contributed by atoms with van der Waals surface area (Å²) in [4.78, 5) is 27.9. The molecule has 1 N–H and O–H groups in total. The number of nitrogens with zero attached hydrogens (tertiary/aromatic N) is 5. The fraction of sp³-hybridized carbons (Fsp3) is 0.542. The van der Waals surface area contributed by atoms with Crippen molar-refractivity contribution in [2.24, 2.45) is 0 Å². The second kappa shape index (κ2) is 10.2. The number of carbonyl (C=O) groups excluding carboxylic acids is 1. The van der Waals surface area contributed by atoms with Gasteiger partial charge in [0.1, 0.15) is 6.10 Å². The van der Waals surface area contributed by atoms with Gasteiger partial charge in [-0.15, -0.1) is 0 Å². The summed E-state index contributed by atoms with van der Waals surface area (Å²) in [6.07, 6.45) is 2.04. The smallest absolute Gasteiger partial charge is 0.319 e. The van der Waals surface area contributed by atoms with Crippen LogP contribution < -0.4 is 15.0 Å². The van der Waals surface area contributed by atoms with E-state index in [0.29, 0.717) is 24.5 Å². The number of halogens is 2. The molecule has 1 aromatic carbocycles. The summed E-state index contributed by atoms with van der Waals surface area (Å²) in [5.74, 6) is 1.34. The van der Waals surface area contributed by atoms with Crippen molar-refractivity contribution < 1.29 is 13.9 Å². The number of anilines is 2. The van der Waals surface area contributed by atoms with Crippen LogP contribution >= 0.6 is 11.6 Å². The zero-order valence-electron chi connectivity index (χ0n) is 20.1. The average Bonchev–Trinajstić information content (AvgIpc) is 2.80. The fourth-order valence-electron chi connectivity index (χ4n) is 4.29. The van der Waals surface area contributed by atoms with Gasteiger partial charge in [0.2, 0.25) is 0 Å². The molecule has 2 amide bonds. The molecular weight excluding hydrogens is 459 g/mol. The molecular formula is C24H32ClFN6O2. The number of rotatable bonds is 5. The highest BCUT2D eigenvalue weighted by Gasteiger charge is 2.29. The van der Waals surface area contributed by atoms with Crippen molar-refractivity contribution in [3.63, 3.8) is 0 Å². The maximum Gasteiger partial charge on any atom is 0.319 e. The minimum Gasteiger partial charge on any atom is -0.487 e. The molecule has 8 nitrogen and oxygen atoms in total. The number of hydrogen-bond donors (Lipinski definition) is 1. The number of amides is 2. The normalized spacial score (nSPS) is 16.4. The predicted octanol–water partition coefficient (Wildman–Crippen LogP) is 4.18. The Labute approximate surface area is 205 Å². The molecule has 1 fully saturated rings. The third kappa shape index (κ3) is 5.46. The van der Waals surface area contributed by atoms with E-state index in [1.165, 1.54) is 18.2 Å². The number of fused-ring (bicyclic) bond motifs is 1. The van der Waals surface area contributed by atoms with E-state index < -0.39 is 5.82 Å². The molecule has 0 spiro atoms. The molecule has 0 atom stereocenters. The van der Waals surface area contributed by atoms with Crippen molar-refractivity contribution in [3.8, 4) is 5.75 Å². The summed E-state index contributed by atoms with van der Waals surface area (Å²) < 4.78 is 20.0. The number of carbonyl (C=O) groups is 1. The molecule has 34 heavy (non-hydrogen) atoms. The van der Waals surface area contributed by atoms with Crippen LogP contribution in [0.3, 0.4) is 0 Å². The van der Waals surface area contributed by atoms with Gasteiger partial charge in [0.25, 0.3) is 0 Å². The van der Waals surface area contributed by atoms with Crippen LogP contribution in [0.1, 0.15) is 38.1 Å². The molecule has 10 heteroatoms. The van der Waals surface area contributed by atoms with Crippen LogP contribution in [0.2, 0.25) is 5.02 Å². The maximum absolute atomic E-state index is 14.1. The number of benzene rings is 1. The average molecular weight is 491 g/mol.